The average molecular weight is 424 g/mol. The van der Waals surface area contributed by atoms with Crippen molar-refractivity contribution in [3.63, 3.8) is 0 Å². The first kappa shape index (κ1) is 21.7. The lowest BCUT2D eigenvalue weighted by Gasteiger charge is -2.25. The van der Waals surface area contributed by atoms with Gasteiger partial charge in [0.1, 0.15) is 5.75 Å². The Hall–Kier alpha value is -2.57. The second-order valence-electron chi connectivity index (χ2n) is 7.06. The van der Waals surface area contributed by atoms with E-state index in [1.54, 1.807) is 26.8 Å². The number of carbonyl (C=O) groups is 3. The van der Waals surface area contributed by atoms with Crippen molar-refractivity contribution in [2.45, 2.75) is 26.9 Å². The molecular formula is C20H19Cl2NO5. The fourth-order valence-corrected chi connectivity index (χ4v) is 2.70. The van der Waals surface area contributed by atoms with Crippen LogP contribution in [0.2, 0.25) is 10.0 Å². The molecule has 28 heavy (non-hydrogen) atoms. The van der Waals surface area contributed by atoms with E-state index in [1.807, 2.05) is 0 Å². The van der Waals surface area contributed by atoms with Crippen LogP contribution >= 0.6 is 23.2 Å². The number of nitrogens with one attached hydrogen (secondary N) is 1. The summed E-state index contributed by atoms with van der Waals surface area (Å²) in [5.74, 6) is -2.28. The molecule has 0 aliphatic rings. The molecular weight excluding hydrogens is 405 g/mol. The quantitative estimate of drug-likeness (QED) is 0.657. The van der Waals surface area contributed by atoms with Crippen molar-refractivity contribution in [3.8, 4) is 5.75 Å². The Morgan fingerprint density at radius 2 is 1.75 bits per heavy atom. The summed E-state index contributed by atoms with van der Waals surface area (Å²) in [7, 11) is 0. The summed E-state index contributed by atoms with van der Waals surface area (Å²) in [6, 6.07) is 10.1. The molecule has 1 unspecified atom stereocenters. The van der Waals surface area contributed by atoms with Crippen molar-refractivity contribution >= 4 is 46.5 Å². The van der Waals surface area contributed by atoms with Gasteiger partial charge in [-0.2, -0.15) is 0 Å². The first-order valence-corrected chi connectivity index (χ1v) is 9.05. The zero-order chi connectivity index (χ0) is 21.1. The molecule has 0 radical (unpaired) electrons. The van der Waals surface area contributed by atoms with Crippen molar-refractivity contribution in [3.05, 3.63) is 58.1 Å². The number of ether oxygens (including phenoxy) is 1. The molecule has 0 aliphatic heterocycles. The molecule has 6 nitrogen and oxygen atoms in total. The van der Waals surface area contributed by atoms with Crippen LogP contribution in [-0.2, 0) is 9.59 Å². The summed E-state index contributed by atoms with van der Waals surface area (Å²) >= 11 is 11.9. The lowest BCUT2D eigenvalue weighted by atomic mass is 9.87. The maximum atomic E-state index is 12.8. The standard InChI is InChI=1S/C20H19Cl2NO5/c1-20(2,3)17(24)16(28-13-6-4-5-11(9-13)19(26)27)18(25)23-15-8-7-12(21)10-14(15)22/h4-10,16H,1-3H3,(H,23,25)(H,26,27). The topological polar surface area (TPSA) is 92.7 Å². The molecule has 0 bridgehead atoms. The maximum absolute atomic E-state index is 12.8. The number of halogens is 2. The van der Waals surface area contributed by atoms with Crippen molar-refractivity contribution < 1.29 is 24.2 Å². The molecule has 2 aromatic rings. The molecule has 0 saturated heterocycles. The molecule has 2 aromatic carbocycles. The summed E-state index contributed by atoms with van der Waals surface area (Å²) in [5.41, 5.74) is -0.637. The fourth-order valence-electron chi connectivity index (χ4n) is 2.25. The zero-order valence-corrected chi connectivity index (χ0v) is 17.0. The Morgan fingerprint density at radius 3 is 2.32 bits per heavy atom. The molecule has 0 aliphatic carbocycles. The summed E-state index contributed by atoms with van der Waals surface area (Å²) in [6.45, 7) is 4.96. The summed E-state index contributed by atoms with van der Waals surface area (Å²) in [5, 5.41) is 12.3. The largest absolute Gasteiger partial charge is 0.478 e. The van der Waals surface area contributed by atoms with Crippen LogP contribution < -0.4 is 10.1 Å². The predicted octanol–water partition coefficient (Wildman–Crippen LogP) is 4.69. The van der Waals surface area contributed by atoms with Crippen LogP contribution in [0.1, 0.15) is 31.1 Å². The van der Waals surface area contributed by atoms with Gasteiger partial charge in [-0.05, 0) is 36.4 Å². The number of hydrogen-bond acceptors (Lipinski definition) is 4. The fraction of sp³-hybridized carbons (Fsp3) is 0.250. The van der Waals surface area contributed by atoms with E-state index in [1.165, 1.54) is 36.4 Å². The van der Waals surface area contributed by atoms with Gasteiger partial charge in [0.2, 0.25) is 6.10 Å². The number of Topliss-reactive ketones (excluding diaryl/α,β-unsaturated/α-hetero) is 1. The molecule has 0 saturated carbocycles. The van der Waals surface area contributed by atoms with Crippen LogP contribution in [0.4, 0.5) is 5.69 Å². The van der Waals surface area contributed by atoms with E-state index < -0.39 is 29.2 Å². The molecule has 1 atom stereocenters. The third-order valence-electron chi connectivity index (χ3n) is 3.74. The Kier molecular flexibility index (Phi) is 6.69. The van der Waals surface area contributed by atoms with E-state index >= 15 is 0 Å². The van der Waals surface area contributed by atoms with E-state index in [4.69, 9.17) is 33.0 Å². The second kappa shape index (κ2) is 8.63. The SMILES string of the molecule is CC(C)(C)C(=O)C(Oc1cccc(C(=O)O)c1)C(=O)Nc1ccc(Cl)cc1Cl. The smallest absolute Gasteiger partial charge is 0.335 e. The molecule has 148 valence electrons. The van der Waals surface area contributed by atoms with Crippen molar-refractivity contribution in [1.29, 1.82) is 0 Å². The lowest BCUT2D eigenvalue weighted by molar-refractivity contribution is -0.140. The number of anilines is 1. The molecule has 0 aromatic heterocycles. The number of amides is 1. The third kappa shape index (κ3) is 5.47. The van der Waals surface area contributed by atoms with E-state index in [0.717, 1.165) is 0 Å². The number of carboxylic acids is 1. The van der Waals surface area contributed by atoms with Gasteiger partial charge in [-0.3, -0.25) is 9.59 Å². The highest BCUT2D eigenvalue weighted by atomic mass is 35.5. The molecule has 2 rings (SSSR count). The van der Waals surface area contributed by atoms with Crippen LogP contribution in [0.3, 0.4) is 0 Å². The van der Waals surface area contributed by atoms with E-state index in [9.17, 15) is 14.4 Å². The predicted molar refractivity (Wildman–Crippen MR) is 107 cm³/mol. The van der Waals surface area contributed by atoms with Gasteiger partial charge < -0.3 is 15.2 Å². The molecule has 1 amide bonds. The summed E-state index contributed by atoms with van der Waals surface area (Å²) in [4.78, 5) is 36.7. The Labute approximate surface area is 172 Å². The van der Waals surface area contributed by atoms with Gasteiger partial charge in [0.25, 0.3) is 5.91 Å². The van der Waals surface area contributed by atoms with Gasteiger partial charge in [0.05, 0.1) is 16.3 Å². The molecule has 2 N–H and O–H groups in total. The van der Waals surface area contributed by atoms with Gasteiger partial charge in [0.15, 0.2) is 5.78 Å². The Bertz CT molecular complexity index is 921. The Balaban J connectivity index is 2.33. The van der Waals surface area contributed by atoms with Gasteiger partial charge in [-0.15, -0.1) is 0 Å². The van der Waals surface area contributed by atoms with Gasteiger partial charge in [-0.1, -0.05) is 50.0 Å². The van der Waals surface area contributed by atoms with Crippen molar-refractivity contribution in [2.75, 3.05) is 5.32 Å². The van der Waals surface area contributed by atoms with Gasteiger partial charge in [0, 0.05) is 10.4 Å². The number of rotatable bonds is 6. The highest BCUT2D eigenvalue weighted by Crippen LogP contribution is 2.27. The molecule has 0 spiro atoms. The number of aromatic carboxylic acids is 1. The van der Waals surface area contributed by atoms with E-state index in [2.05, 4.69) is 5.32 Å². The van der Waals surface area contributed by atoms with Gasteiger partial charge in [-0.25, -0.2) is 4.79 Å². The number of carbonyl (C=O) groups excluding carboxylic acids is 2. The minimum atomic E-state index is -1.50. The number of hydrogen-bond donors (Lipinski definition) is 2. The van der Waals surface area contributed by atoms with Crippen LogP contribution in [0.25, 0.3) is 0 Å². The number of carboxylic acid groups (broad SMARTS) is 1. The first-order valence-electron chi connectivity index (χ1n) is 8.29. The van der Waals surface area contributed by atoms with Crippen LogP contribution in [-0.4, -0.2) is 28.9 Å². The molecule has 8 heteroatoms. The average Bonchev–Trinajstić information content (AvgIpc) is 2.60. The molecule has 0 fully saturated rings. The van der Waals surface area contributed by atoms with Crippen molar-refractivity contribution in [1.82, 2.24) is 0 Å². The monoisotopic (exact) mass is 423 g/mol. The van der Waals surface area contributed by atoms with Gasteiger partial charge >= 0.3 is 5.97 Å². The first-order chi connectivity index (χ1) is 13.0. The summed E-state index contributed by atoms with van der Waals surface area (Å²) < 4.78 is 5.60. The highest BCUT2D eigenvalue weighted by molar-refractivity contribution is 6.36. The maximum Gasteiger partial charge on any atom is 0.335 e. The normalized spacial score (nSPS) is 12.2. The Morgan fingerprint density at radius 1 is 1.07 bits per heavy atom. The minimum absolute atomic E-state index is 0.0272. The lowest BCUT2D eigenvalue weighted by Crippen LogP contribution is -2.45. The van der Waals surface area contributed by atoms with E-state index in [0.29, 0.717) is 5.02 Å². The minimum Gasteiger partial charge on any atom is -0.478 e. The van der Waals surface area contributed by atoms with Crippen LogP contribution in [0.15, 0.2) is 42.5 Å². The van der Waals surface area contributed by atoms with Crippen molar-refractivity contribution in [2.24, 2.45) is 5.41 Å². The molecule has 0 heterocycles. The third-order valence-corrected chi connectivity index (χ3v) is 4.29. The van der Waals surface area contributed by atoms with Crippen LogP contribution in [0.5, 0.6) is 5.75 Å². The highest BCUT2D eigenvalue weighted by Gasteiger charge is 2.37. The number of ketones is 1. The van der Waals surface area contributed by atoms with E-state index in [-0.39, 0.29) is 22.0 Å². The number of benzene rings is 2. The van der Waals surface area contributed by atoms with Crippen LogP contribution in [0, 0.1) is 5.41 Å². The second-order valence-corrected chi connectivity index (χ2v) is 7.90. The zero-order valence-electron chi connectivity index (χ0n) is 15.5. The summed E-state index contributed by atoms with van der Waals surface area (Å²) in [6.07, 6.45) is -1.50.